The number of hydrogen-bond acceptors (Lipinski definition) is 6. The van der Waals surface area contributed by atoms with Crippen molar-refractivity contribution in [3.8, 4) is 11.5 Å². The topological polar surface area (TPSA) is 124 Å². The van der Waals surface area contributed by atoms with Crippen molar-refractivity contribution in [3.63, 3.8) is 0 Å². The van der Waals surface area contributed by atoms with E-state index in [1.165, 1.54) is 12.1 Å². The number of phenolic OH excluding ortho intramolecular Hbond substituents is 1. The molecule has 0 spiro atoms. The molecule has 7 nitrogen and oxygen atoms in total. The van der Waals surface area contributed by atoms with Gasteiger partial charge in [0.05, 0.1) is 0 Å². The standard InChI is InChI=1S/C9H8O7S/c10-7-5-6(2-4-9(11)12)1-3-8(7)16-17(13,14)15/h1-5,10H,(H,11,12)(H,13,14,15)/p-1/b4-2+. The van der Waals surface area contributed by atoms with Crippen LogP contribution in [-0.4, -0.2) is 29.2 Å². The minimum Gasteiger partial charge on any atom is -0.716 e. The predicted octanol–water partition coefficient (Wildman–Crippen LogP) is 0.329. The van der Waals surface area contributed by atoms with Gasteiger partial charge in [-0.2, -0.15) is 0 Å². The average Bonchev–Trinajstić information content (AvgIpc) is 2.17. The van der Waals surface area contributed by atoms with E-state index in [0.29, 0.717) is 5.56 Å². The van der Waals surface area contributed by atoms with Crippen LogP contribution in [0.5, 0.6) is 11.5 Å². The van der Waals surface area contributed by atoms with Crippen molar-refractivity contribution < 1.29 is 32.2 Å². The number of carbonyl (C=O) groups is 1. The third-order valence-electron chi connectivity index (χ3n) is 1.59. The van der Waals surface area contributed by atoms with Gasteiger partial charge in [-0.1, -0.05) is 6.07 Å². The summed E-state index contributed by atoms with van der Waals surface area (Å²) < 4.78 is 34.8. The third-order valence-corrected chi connectivity index (χ3v) is 1.98. The molecule has 0 aromatic heterocycles. The molecule has 0 unspecified atom stereocenters. The number of carboxylic acids is 1. The molecule has 0 fully saturated rings. The molecule has 0 saturated heterocycles. The van der Waals surface area contributed by atoms with Crippen LogP contribution in [0.15, 0.2) is 24.3 Å². The molecule has 0 aliphatic heterocycles. The minimum absolute atomic E-state index is 0.306. The molecule has 0 bridgehead atoms. The lowest BCUT2D eigenvalue weighted by Crippen LogP contribution is -2.07. The Morgan fingerprint density at radius 3 is 2.53 bits per heavy atom. The monoisotopic (exact) mass is 259 g/mol. The Kier molecular flexibility index (Phi) is 3.71. The van der Waals surface area contributed by atoms with Crippen molar-refractivity contribution in [1.82, 2.24) is 0 Å². The maximum absolute atomic E-state index is 10.3. The molecule has 0 aliphatic rings. The van der Waals surface area contributed by atoms with Gasteiger partial charge in [-0.3, -0.25) is 0 Å². The fourth-order valence-corrected chi connectivity index (χ4v) is 1.35. The highest BCUT2D eigenvalue weighted by Crippen LogP contribution is 2.28. The molecule has 8 heteroatoms. The molecule has 0 atom stereocenters. The number of hydrogen-bond donors (Lipinski definition) is 2. The van der Waals surface area contributed by atoms with Crippen LogP contribution >= 0.6 is 0 Å². The lowest BCUT2D eigenvalue weighted by molar-refractivity contribution is -0.131. The van der Waals surface area contributed by atoms with Crippen molar-refractivity contribution in [2.45, 2.75) is 0 Å². The van der Waals surface area contributed by atoms with E-state index in [1.54, 1.807) is 0 Å². The van der Waals surface area contributed by atoms with Gasteiger partial charge in [0.25, 0.3) is 10.4 Å². The molecule has 1 aromatic carbocycles. The number of rotatable bonds is 4. The first-order valence-corrected chi connectivity index (χ1v) is 5.50. The number of carboxylic acid groups (broad SMARTS) is 1. The quantitative estimate of drug-likeness (QED) is 0.453. The summed E-state index contributed by atoms with van der Waals surface area (Å²) in [5.41, 5.74) is 0.306. The highest BCUT2D eigenvalue weighted by molar-refractivity contribution is 7.81. The molecule has 0 amide bonds. The van der Waals surface area contributed by atoms with E-state index in [9.17, 15) is 22.9 Å². The minimum atomic E-state index is -4.96. The van der Waals surface area contributed by atoms with E-state index in [4.69, 9.17) is 5.11 Å². The molecule has 2 N–H and O–H groups in total. The summed E-state index contributed by atoms with van der Waals surface area (Å²) in [5.74, 6) is -2.28. The predicted molar refractivity (Wildman–Crippen MR) is 55.1 cm³/mol. The van der Waals surface area contributed by atoms with Gasteiger partial charge in [0.15, 0.2) is 11.5 Å². The Labute approximate surface area is 96.5 Å². The van der Waals surface area contributed by atoms with Gasteiger partial charge in [0.1, 0.15) is 0 Å². The van der Waals surface area contributed by atoms with Crippen LogP contribution in [0.2, 0.25) is 0 Å². The largest absolute Gasteiger partial charge is 0.716 e. The van der Waals surface area contributed by atoms with E-state index in [0.717, 1.165) is 18.2 Å². The van der Waals surface area contributed by atoms with E-state index in [-0.39, 0.29) is 0 Å². The summed E-state index contributed by atoms with van der Waals surface area (Å²) in [6.45, 7) is 0. The number of benzene rings is 1. The van der Waals surface area contributed by atoms with Crippen LogP contribution < -0.4 is 4.18 Å². The van der Waals surface area contributed by atoms with Crippen molar-refractivity contribution in [2.75, 3.05) is 0 Å². The zero-order chi connectivity index (χ0) is 13.1. The van der Waals surface area contributed by atoms with Crippen molar-refractivity contribution in [3.05, 3.63) is 29.8 Å². The van der Waals surface area contributed by atoms with Gasteiger partial charge in [0, 0.05) is 6.08 Å². The van der Waals surface area contributed by atoms with Crippen molar-refractivity contribution in [1.29, 1.82) is 0 Å². The van der Waals surface area contributed by atoms with E-state index >= 15 is 0 Å². The highest BCUT2D eigenvalue weighted by Gasteiger charge is 2.06. The van der Waals surface area contributed by atoms with Gasteiger partial charge in [-0.05, 0) is 23.8 Å². The van der Waals surface area contributed by atoms with Crippen LogP contribution in [0, 0.1) is 0 Å². The first-order chi connectivity index (χ1) is 7.78. The van der Waals surface area contributed by atoms with Crippen molar-refractivity contribution >= 4 is 22.4 Å². The second-order valence-electron chi connectivity index (χ2n) is 2.89. The summed E-state index contributed by atoms with van der Waals surface area (Å²) in [6, 6.07) is 3.37. The van der Waals surface area contributed by atoms with Gasteiger partial charge in [0.2, 0.25) is 0 Å². The zero-order valence-electron chi connectivity index (χ0n) is 8.23. The number of phenols is 1. The molecule has 1 aromatic rings. The third kappa shape index (κ3) is 4.53. The SMILES string of the molecule is O=C(O)/C=C/c1ccc(OS(=O)(=O)[O-])c(O)c1. The van der Waals surface area contributed by atoms with Gasteiger partial charge < -0.3 is 18.9 Å². The molecule has 0 heterocycles. The Balaban J connectivity index is 2.98. The lowest BCUT2D eigenvalue weighted by atomic mass is 10.2. The van der Waals surface area contributed by atoms with Crippen LogP contribution in [-0.2, 0) is 15.2 Å². The molecule has 92 valence electrons. The number of aliphatic carboxylic acids is 1. The summed E-state index contributed by atoms with van der Waals surface area (Å²) in [6.07, 6.45) is 2.01. The molecule has 1 rings (SSSR count). The molecule has 0 aliphatic carbocycles. The normalized spacial score (nSPS) is 11.6. The molecular formula is C9H7O7S-. The van der Waals surface area contributed by atoms with Crippen molar-refractivity contribution in [2.24, 2.45) is 0 Å². The Hall–Kier alpha value is -2.06. The van der Waals surface area contributed by atoms with E-state index in [2.05, 4.69) is 4.18 Å². The second kappa shape index (κ2) is 4.85. The fourth-order valence-electron chi connectivity index (χ4n) is 0.986. The summed E-state index contributed by atoms with van der Waals surface area (Å²) in [7, 11) is -4.96. The van der Waals surface area contributed by atoms with Crippen LogP contribution in [0.3, 0.4) is 0 Å². The molecular weight excluding hydrogens is 252 g/mol. The van der Waals surface area contributed by atoms with Gasteiger partial charge >= 0.3 is 5.97 Å². The maximum atomic E-state index is 10.3. The maximum Gasteiger partial charge on any atom is 0.328 e. The van der Waals surface area contributed by atoms with Crippen LogP contribution in [0.4, 0.5) is 0 Å². The van der Waals surface area contributed by atoms with Gasteiger partial charge in [-0.25, -0.2) is 13.2 Å². The first-order valence-electron chi connectivity index (χ1n) is 4.17. The molecule has 0 radical (unpaired) electrons. The van der Waals surface area contributed by atoms with Gasteiger partial charge in [-0.15, -0.1) is 0 Å². The van der Waals surface area contributed by atoms with Crippen LogP contribution in [0.25, 0.3) is 6.08 Å². The van der Waals surface area contributed by atoms with E-state index < -0.39 is 27.9 Å². The summed E-state index contributed by atoms with van der Waals surface area (Å²) in [5, 5.41) is 17.7. The average molecular weight is 259 g/mol. The van der Waals surface area contributed by atoms with Crippen LogP contribution in [0.1, 0.15) is 5.56 Å². The highest BCUT2D eigenvalue weighted by atomic mass is 32.3. The summed E-state index contributed by atoms with van der Waals surface area (Å²) in [4.78, 5) is 10.2. The zero-order valence-corrected chi connectivity index (χ0v) is 9.05. The fraction of sp³-hybridized carbons (Fsp3) is 0. The van der Waals surface area contributed by atoms with E-state index in [1.807, 2.05) is 0 Å². The summed E-state index contributed by atoms with van der Waals surface area (Å²) >= 11 is 0. The number of aromatic hydroxyl groups is 1. The lowest BCUT2D eigenvalue weighted by Gasteiger charge is -2.10. The molecule has 17 heavy (non-hydrogen) atoms. The first kappa shape index (κ1) is 13.0. The smallest absolute Gasteiger partial charge is 0.328 e. The Morgan fingerprint density at radius 2 is 2.06 bits per heavy atom. The molecule has 0 saturated carbocycles. The second-order valence-corrected chi connectivity index (χ2v) is 3.87. The Bertz CT molecular complexity index is 559. The Morgan fingerprint density at radius 1 is 1.41 bits per heavy atom.